The molecule has 1 aromatic rings. The summed E-state index contributed by atoms with van der Waals surface area (Å²) in [5.74, 6) is -1.05. The highest BCUT2D eigenvalue weighted by atomic mass is 16.5. The van der Waals surface area contributed by atoms with E-state index in [0.717, 1.165) is 12.5 Å². The third-order valence-corrected chi connectivity index (χ3v) is 3.68. The van der Waals surface area contributed by atoms with Gasteiger partial charge in [0.15, 0.2) is 0 Å². The van der Waals surface area contributed by atoms with E-state index in [1.807, 2.05) is 6.08 Å². The van der Waals surface area contributed by atoms with Crippen LogP contribution in [0.5, 0.6) is 11.5 Å². The SMILES string of the molecule is C[C@H]1CCC[C@H](O)/C=C\C/C=C/c2cc(O)cc(O)c2C(=O)O1. The van der Waals surface area contributed by atoms with Crippen LogP contribution >= 0.6 is 0 Å². The van der Waals surface area contributed by atoms with Gasteiger partial charge < -0.3 is 20.1 Å². The van der Waals surface area contributed by atoms with Gasteiger partial charge in [-0.3, -0.25) is 0 Å². The number of fused-ring (bicyclic) bond motifs is 1. The van der Waals surface area contributed by atoms with Crippen molar-refractivity contribution in [2.24, 2.45) is 0 Å². The number of hydrogen-bond acceptors (Lipinski definition) is 5. The molecule has 0 saturated carbocycles. The second kappa shape index (κ2) is 7.83. The van der Waals surface area contributed by atoms with Crippen LogP contribution < -0.4 is 0 Å². The fourth-order valence-corrected chi connectivity index (χ4v) is 2.51. The Labute approximate surface area is 135 Å². The van der Waals surface area contributed by atoms with Gasteiger partial charge in [0.2, 0.25) is 0 Å². The molecule has 3 N–H and O–H groups in total. The summed E-state index contributed by atoms with van der Waals surface area (Å²) in [7, 11) is 0. The summed E-state index contributed by atoms with van der Waals surface area (Å²) in [5.41, 5.74) is 0.442. The van der Waals surface area contributed by atoms with Gasteiger partial charge in [-0.05, 0) is 44.2 Å². The number of cyclic esters (lactones) is 1. The van der Waals surface area contributed by atoms with Crippen molar-refractivity contribution in [1.82, 2.24) is 0 Å². The molecule has 1 aliphatic heterocycles. The molecule has 0 bridgehead atoms. The zero-order valence-electron chi connectivity index (χ0n) is 13.1. The molecule has 1 aliphatic rings. The van der Waals surface area contributed by atoms with Crippen LogP contribution in [0.4, 0.5) is 0 Å². The van der Waals surface area contributed by atoms with E-state index in [9.17, 15) is 20.1 Å². The number of esters is 1. The van der Waals surface area contributed by atoms with E-state index in [1.54, 1.807) is 25.2 Å². The van der Waals surface area contributed by atoms with Gasteiger partial charge in [-0.2, -0.15) is 0 Å². The Bertz CT molecular complexity index is 618. The molecule has 2 rings (SSSR count). The topological polar surface area (TPSA) is 87.0 Å². The Morgan fingerprint density at radius 3 is 2.74 bits per heavy atom. The van der Waals surface area contributed by atoms with Crippen molar-refractivity contribution in [3.05, 3.63) is 41.5 Å². The van der Waals surface area contributed by atoms with Crippen LogP contribution in [-0.4, -0.2) is 33.5 Å². The Morgan fingerprint density at radius 2 is 1.96 bits per heavy atom. The van der Waals surface area contributed by atoms with Gasteiger partial charge in [0.1, 0.15) is 17.1 Å². The molecule has 1 heterocycles. The first-order chi connectivity index (χ1) is 11.0. The fraction of sp³-hybridized carbons (Fsp3) is 0.389. The molecule has 23 heavy (non-hydrogen) atoms. The van der Waals surface area contributed by atoms with Gasteiger partial charge in [0.25, 0.3) is 0 Å². The molecule has 0 aromatic heterocycles. The molecule has 2 atom stereocenters. The number of rotatable bonds is 0. The van der Waals surface area contributed by atoms with Crippen LogP contribution in [0.3, 0.4) is 0 Å². The van der Waals surface area contributed by atoms with Crippen molar-refractivity contribution in [2.75, 3.05) is 0 Å². The normalized spacial score (nSPS) is 25.7. The van der Waals surface area contributed by atoms with Crippen LogP contribution in [0.1, 0.15) is 48.5 Å². The Kier molecular flexibility index (Phi) is 5.82. The smallest absolute Gasteiger partial charge is 0.342 e. The number of aromatic hydroxyl groups is 2. The summed E-state index contributed by atoms with van der Waals surface area (Å²) in [6.45, 7) is 1.78. The lowest BCUT2D eigenvalue weighted by Gasteiger charge is -2.16. The summed E-state index contributed by atoms with van der Waals surface area (Å²) in [5, 5.41) is 29.4. The highest BCUT2D eigenvalue weighted by Crippen LogP contribution is 2.29. The lowest BCUT2D eigenvalue weighted by Crippen LogP contribution is -2.17. The number of benzene rings is 1. The fourth-order valence-electron chi connectivity index (χ4n) is 2.51. The molecule has 5 heteroatoms. The molecule has 0 amide bonds. The number of allylic oxidation sites excluding steroid dienone is 2. The van der Waals surface area contributed by atoms with Gasteiger partial charge in [-0.15, -0.1) is 0 Å². The summed E-state index contributed by atoms with van der Waals surface area (Å²) in [4.78, 5) is 12.3. The third-order valence-electron chi connectivity index (χ3n) is 3.68. The number of hydrogen-bond donors (Lipinski definition) is 3. The van der Waals surface area contributed by atoms with Gasteiger partial charge in [-0.1, -0.05) is 24.3 Å². The van der Waals surface area contributed by atoms with Crippen LogP contribution in [0, 0.1) is 0 Å². The number of phenolic OH excluding ortho intramolecular Hbond substituents is 2. The van der Waals surface area contributed by atoms with Crippen molar-refractivity contribution in [3.63, 3.8) is 0 Å². The van der Waals surface area contributed by atoms with E-state index in [0.29, 0.717) is 24.8 Å². The predicted molar refractivity (Wildman–Crippen MR) is 87.3 cm³/mol. The molecule has 1 aromatic carbocycles. The lowest BCUT2D eigenvalue weighted by atomic mass is 10.0. The molecule has 0 spiro atoms. The first-order valence-electron chi connectivity index (χ1n) is 7.75. The second-order valence-electron chi connectivity index (χ2n) is 5.71. The average molecular weight is 318 g/mol. The van der Waals surface area contributed by atoms with E-state index in [4.69, 9.17) is 4.74 Å². The summed E-state index contributed by atoms with van der Waals surface area (Å²) >= 11 is 0. The van der Waals surface area contributed by atoms with Crippen molar-refractivity contribution >= 4 is 12.0 Å². The number of aliphatic hydroxyl groups is 1. The lowest BCUT2D eigenvalue weighted by molar-refractivity contribution is 0.0311. The molecular formula is C18H22O5. The minimum atomic E-state index is -0.622. The van der Waals surface area contributed by atoms with Crippen LogP contribution in [-0.2, 0) is 4.74 Å². The summed E-state index contributed by atoms with van der Waals surface area (Å²) in [6, 6.07) is 2.53. The number of aliphatic hydroxyl groups excluding tert-OH is 1. The first-order valence-corrected chi connectivity index (χ1v) is 7.75. The van der Waals surface area contributed by atoms with Crippen molar-refractivity contribution in [1.29, 1.82) is 0 Å². The number of ether oxygens (including phenoxy) is 1. The van der Waals surface area contributed by atoms with Gasteiger partial charge in [0, 0.05) is 6.07 Å². The van der Waals surface area contributed by atoms with E-state index in [2.05, 4.69) is 0 Å². The average Bonchev–Trinajstić information content (AvgIpc) is 2.45. The zero-order valence-corrected chi connectivity index (χ0v) is 13.1. The molecular weight excluding hydrogens is 296 g/mol. The standard InChI is InChI=1S/C18H22O5/c1-12-6-5-9-14(19)8-4-2-3-7-13-10-15(20)11-16(21)17(13)18(22)23-12/h3-4,7-8,10-12,14,19-21H,2,5-6,9H2,1H3/b7-3+,8-4-/t12-,14+/m0/s1. The molecule has 0 unspecified atom stereocenters. The molecule has 0 fully saturated rings. The van der Waals surface area contributed by atoms with Crippen molar-refractivity contribution in [3.8, 4) is 11.5 Å². The molecule has 0 saturated heterocycles. The van der Waals surface area contributed by atoms with Crippen molar-refractivity contribution in [2.45, 2.75) is 44.8 Å². The van der Waals surface area contributed by atoms with E-state index < -0.39 is 12.1 Å². The van der Waals surface area contributed by atoms with Crippen LogP contribution in [0.2, 0.25) is 0 Å². The van der Waals surface area contributed by atoms with Gasteiger partial charge in [-0.25, -0.2) is 4.79 Å². The zero-order chi connectivity index (χ0) is 16.8. The maximum absolute atomic E-state index is 12.3. The number of carbonyl (C=O) groups excluding carboxylic acids is 1. The highest BCUT2D eigenvalue weighted by molar-refractivity contribution is 5.97. The monoisotopic (exact) mass is 318 g/mol. The summed E-state index contributed by atoms with van der Waals surface area (Å²) < 4.78 is 5.36. The first kappa shape index (κ1) is 17.1. The molecule has 0 aliphatic carbocycles. The predicted octanol–water partition coefficient (Wildman–Crippen LogP) is 3.15. The van der Waals surface area contributed by atoms with Crippen LogP contribution in [0.15, 0.2) is 30.4 Å². The number of phenols is 2. The Morgan fingerprint density at radius 1 is 1.17 bits per heavy atom. The molecule has 124 valence electrons. The van der Waals surface area contributed by atoms with E-state index >= 15 is 0 Å². The summed E-state index contributed by atoms with van der Waals surface area (Å²) in [6.07, 6.45) is 8.71. The van der Waals surface area contributed by atoms with Gasteiger partial charge in [0.05, 0.1) is 12.2 Å². The van der Waals surface area contributed by atoms with Crippen LogP contribution in [0.25, 0.3) is 6.08 Å². The molecule has 5 nitrogen and oxygen atoms in total. The quantitative estimate of drug-likeness (QED) is 0.505. The van der Waals surface area contributed by atoms with Crippen molar-refractivity contribution < 1.29 is 24.9 Å². The minimum absolute atomic E-state index is 0.0481. The molecule has 0 radical (unpaired) electrons. The van der Waals surface area contributed by atoms with Gasteiger partial charge >= 0.3 is 5.97 Å². The Balaban J connectivity index is 2.36. The number of carbonyl (C=O) groups is 1. The minimum Gasteiger partial charge on any atom is -0.508 e. The largest absolute Gasteiger partial charge is 0.508 e. The highest BCUT2D eigenvalue weighted by Gasteiger charge is 2.20. The maximum Gasteiger partial charge on any atom is 0.342 e. The third kappa shape index (κ3) is 4.86. The maximum atomic E-state index is 12.3. The van der Waals surface area contributed by atoms with E-state index in [-0.39, 0.29) is 23.2 Å². The van der Waals surface area contributed by atoms with E-state index in [1.165, 1.54) is 6.07 Å². The second-order valence-corrected chi connectivity index (χ2v) is 5.71. The Hall–Kier alpha value is -2.27.